The van der Waals surface area contributed by atoms with Gasteiger partial charge in [-0.2, -0.15) is 13.2 Å². The first kappa shape index (κ1) is 12.6. The Morgan fingerprint density at radius 2 is 2.06 bits per heavy atom. The monoisotopic (exact) mass is 255 g/mol. The predicted octanol–water partition coefficient (Wildman–Crippen LogP) is 2.49. The van der Waals surface area contributed by atoms with Crippen LogP contribution < -0.4 is 5.73 Å². The Kier molecular flexibility index (Phi) is 3.13. The molecule has 0 amide bonds. The second-order valence-corrected chi connectivity index (χ2v) is 4.06. The van der Waals surface area contributed by atoms with Crippen LogP contribution in [0.15, 0.2) is 36.8 Å². The van der Waals surface area contributed by atoms with E-state index >= 15 is 0 Å². The number of benzene rings is 1. The van der Waals surface area contributed by atoms with E-state index in [1.165, 1.54) is 6.07 Å². The molecule has 1 unspecified atom stereocenters. The van der Waals surface area contributed by atoms with Crippen LogP contribution in [-0.4, -0.2) is 9.55 Å². The fraction of sp³-hybridized carbons (Fsp3) is 0.250. The van der Waals surface area contributed by atoms with Crippen molar-refractivity contribution in [2.75, 3.05) is 0 Å². The van der Waals surface area contributed by atoms with Gasteiger partial charge in [0.15, 0.2) is 0 Å². The first-order valence-electron chi connectivity index (χ1n) is 5.28. The van der Waals surface area contributed by atoms with Gasteiger partial charge in [-0.05, 0) is 17.7 Å². The second-order valence-electron chi connectivity index (χ2n) is 4.06. The van der Waals surface area contributed by atoms with Crippen molar-refractivity contribution in [3.63, 3.8) is 0 Å². The van der Waals surface area contributed by atoms with Gasteiger partial charge in [0.2, 0.25) is 0 Å². The topological polar surface area (TPSA) is 43.8 Å². The zero-order valence-corrected chi connectivity index (χ0v) is 9.65. The van der Waals surface area contributed by atoms with E-state index in [4.69, 9.17) is 5.73 Å². The minimum atomic E-state index is -4.36. The highest BCUT2D eigenvalue weighted by atomic mass is 19.4. The van der Waals surface area contributed by atoms with Crippen LogP contribution in [0.1, 0.15) is 22.9 Å². The Balaban J connectivity index is 2.34. The lowest BCUT2D eigenvalue weighted by Crippen LogP contribution is -2.14. The molecule has 0 radical (unpaired) electrons. The Morgan fingerprint density at radius 1 is 1.33 bits per heavy atom. The smallest absolute Gasteiger partial charge is 0.340 e. The molecule has 2 N–H and O–H groups in total. The summed E-state index contributed by atoms with van der Waals surface area (Å²) >= 11 is 0. The third kappa shape index (κ3) is 2.53. The van der Waals surface area contributed by atoms with Gasteiger partial charge >= 0.3 is 6.18 Å². The minimum Gasteiger partial charge on any atom is -0.340 e. The third-order valence-corrected chi connectivity index (χ3v) is 2.62. The highest BCUT2D eigenvalue weighted by Crippen LogP contribution is 2.31. The van der Waals surface area contributed by atoms with Crippen molar-refractivity contribution in [3.8, 4) is 0 Å². The van der Waals surface area contributed by atoms with Crippen molar-refractivity contribution in [2.24, 2.45) is 12.8 Å². The summed E-state index contributed by atoms with van der Waals surface area (Å²) in [4.78, 5) is 4.04. The molecule has 0 saturated heterocycles. The maximum Gasteiger partial charge on any atom is 0.416 e. The number of hydrogen-bond acceptors (Lipinski definition) is 2. The molecule has 1 aromatic carbocycles. The molecule has 0 bridgehead atoms. The van der Waals surface area contributed by atoms with E-state index in [2.05, 4.69) is 4.98 Å². The quantitative estimate of drug-likeness (QED) is 0.896. The van der Waals surface area contributed by atoms with Gasteiger partial charge in [0.25, 0.3) is 0 Å². The number of nitrogens with two attached hydrogens (primary N) is 1. The Bertz CT molecular complexity index is 545. The Labute approximate surface area is 102 Å². The van der Waals surface area contributed by atoms with Gasteiger partial charge in [0, 0.05) is 13.2 Å². The van der Waals surface area contributed by atoms with Crippen LogP contribution in [0.3, 0.4) is 0 Å². The number of halogens is 3. The molecule has 1 atom stereocenters. The Morgan fingerprint density at radius 3 is 2.61 bits per heavy atom. The largest absolute Gasteiger partial charge is 0.416 e. The number of rotatable bonds is 2. The average Bonchev–Trinajstić information content (AvgIpc) is 2.74. The van der Waals surface area contributed by atoms with Crippen molar-refractivity contribution in [1.29, 1.82) is 0 Å². The summed E-state index contributed by atoms with van der Waals surface area (Å²) in [6, 6.07) is 4.33. The van der Waals surface area contributed by atoms with Crippen LogP contribution in [0.25, 0.3) is 0 Å². The fourth-order valence-corrected chi connectivity index (χ4v) is 1.67. The molecule has 1 aromatic heterocycles. The molecule has 2 rings (SSSR count). The number of aromatic nitrogens is 2. The molecule has 1 heterocycles. The van der Waals surface area contributed by atoms with Crippen molar-refractivity contribution in [2.45, 2.75) is 12.2 Å². The maximum absolute atomic E-state index is 12.6. The highest BCUT2D eigenvalue weighted by molar-refractivity contribution is 5.31. The molecule has 0 aliphatic carbocycles. The number of hydrogen-bond donors (Lipinski definition) is 1. The van der Waals surface area contributed by atoms with E-state index < -0.39 is 17.8 Å². The van der Waals surface area contributed by atoms with Crippen molar-refractivity contribution < 1.29 is 13.2 Å². The molecular formula is C12H12F3N3. The summed E-state index contributed by atoms with van der Waals surface area (Å²) in [6.45, 7) is 0. The van der Waals surface area contributed by atoms with E-state index in [9.17, 15) is 13.2 Å². The molecule has 0 fully saturated rings. The van der Waals surface area contributed by atoms with E-state index in [1.807, 2.05) is 0 Å². The summed E-state index contributed by atoms with van der Waals surface area (Å²) in [5.41, 5.74) is 6.13. The predicted molar refractivity (Wildman–Crippen MR) is 60.7 cm³/mol. The summed E-state index contributed by atoms with van der Waals surface area (Å²) in [5, 5.41) is 0. The Hall–Kier alpha value is -1.82. The third-order valence-electron chi connectivity index (χ3n) is 2.62. The van der Waals surface area contributed by atoms with Crippen LogP contribution in [0.5, 0.6) is 0 Å². The van der Waals surface area contributed by atoms with Crippen LogP contribution >= 0.6 is 0 Å². The van der Waals surface area contributed by atoms with Crippen LogP contribution in [0.2, 0.25) is 0 Å². The summed E-state index contributed by atoms with van der Waals surface area (Å²) in [7, 11) is 1.77. The van der Waals surface area contributed by atoms with Gasteiger partial charge < -0.3 is 10.3 Å². The van der Waals surface area contributed by atoms with Gasteiger partial charge in [-0.3, -0.25) is 0 Å². The lowest BCUT2D eigenvalue weighted by Gasteiger charge is -2.12. The van der Waals surface area contributed by atoms with Crippen LogP contribution in [0, 0.1) is 0 Å². The van der Waals surface area contributed by atoms with Gasteiger partial charge in [-0.25, -0.2) is 4.98 Å². The standard InChI is InChI=1S/C12H12F3N3/c1-18-6-10(17-7-18)11(16)8-3-2-4-9(5-8)12(13,14)15/h2-7,11H,16H2,1H3. The molecule has 0 aliphatic heterocycles. The molecular weight excluding hydrogens is 243 g/mol. The first-order chi connectivity index (χ1) is 8.38. The lowest BCUT2D eigenvalue weighted by molar-refractivity contribution is -0.137. The zero-order chi connectivity index (χ0) is 13.3. The lowest BCUT2D eigenvalue weighted by atomic mass is 10.0. The maximum atomic E-state index is 12.6. The molecule has 2 aromatic rings. The van der Waals surface area contributed by atoms with Gasteiger partial charge in [0.1, 0.15) is 0 Å². The van der Waals surface area contributed by atoms with Crippen LogP contribution in [0.4, 0.5) is 13.2 Å². The highest BCUT2D eigenvalue weighted by Gasteiger charge is 2.30. The minimum absolute atomic E-state index is 0.392. The van der Waals surface area contributed by atoms with Crippen molar-refractivity contribution in [1.82, 2.24) is 9.55 Å². The normalized spacial score (nSPS) is 13.6. The van der Waals surface area contributed by atoms with Gasteiger partial charge in [-0.15, -0.1) is 0 Å². The summed E-state index contributed by atoms with van der Waals surface area (Å²) < 4.78 is 39.4. The molecule has 0 spiro atoms. The molecule has 96 valence electrons. The molecule has 18 heavy (non-hydrogen) atoms. The van der Waals surface area contributed by atoms with E-state index in [0.717, 1.165) is 12.1 Å². The van der Waals surface area contributed by atoms with Crippen molar-refractivity contribution in [3.05, 3.63) is 53.6 Å². The number of imidazole rings is 1. The molecule has 0 saturated carbocycles. The van der Waals surface area contributed by atoms with Crippen molar-refractivity contribution >= 4 is 0 Å². The number of nitrogens with zero attached hydrogens (tertiary/aromatic N) is 2. The zero-order valence-electron chi connectivity index (χ0n) is 9.65. The van der Waals surface area contributed by atoms with E-state index in [1.54, 1.807) is 30.2 Å². The van der Waals surface area contributed by atoms with Gasteiger partial charge in [0.05, 0.1) is 23.6 Å². The fourth-order valence-electron chi connectivity index (χ4n) is 1.67. The molecule has 3 nitrogen and oxygen atoms in total. The first-order valence-corrected chi connectivity index (χ1v) is 5.28. The average molecular weight is 255 g/mol. The van der Waals surface area contributed by atoms with Crippen LogP contribution in [-0.2, 0) is 13.2 Å². The summed E-state index contributed by atoms with van der Waals surface area (Å²) in [6.07, 6.45) is -1.12. The SMILES string of the molecule is Cn1cnc(C(N)c2cccc(C(F)(F)F)c2)c1. The molecule has 6 heteroatoms. The molecule has 0 aliphatic rings. The number of aryl methyl sites for hydroxylation is 1. The van der Waals surface area contributed by atoms with Gasteiger partial charge in [-0.1, -0.05) is 12.1 Å². The second kappa shape index (κ2) is 4.45. The van der Waals surface area contributed by atoms with E-state index in [-0.39, 0.29) is 0 Å². The number of alkyl halides is 3. The van der Waals surface area contributed by atoms with E-state index in [0.29, 0.717) is 11.3 Å². The summed E-state index contributed by atoms with van der Waals surface area (Å²) in [5.74, 6) is 0.